The lowest BCUT2D eigenvalue weighted by Crippen LogP contribution is -2.47. The quantitative estimate of drug-likeness (QED) is 0.761. The third-order valence-corrected chi connectivity index (χ3v) is 5.28. The Morgan fingerprint density at radius 3 is 2.79 bits per heavy atom. The summed E-state index contributed by atoms with van der Waals surface area (Å²) in [6.07, 6.45) is -0.365. The van der Waals surface area contributed by atoms with Crippen LogP contribution in [0, 0.1) is 11.3 Å². The van der Waals surface area contributed by atoms with E-state index in [0.29, 0.717) is 23.5 Å². The average molecular weight is 347 g/mol. The van der Waals surface area contributed by atoms with E-state index in [1.165, 1.54) is 0 Å². The van der Waals surface area contributed by atoms with Crippen molar-refractivity contribution in [3.8, 4) is 11.8 Å². The molecule has 24 heavy (non-hydrogen) atoms. The number of carbonyl (C=O) groups is 2. The Morgan fingerprint density at radius 2 is 2.17 bits per heavy atom. The van der Waals surface area contributed by atoms with Gasteiger partial charge in [0.05, 0.1) is 18.2 Å². The number of benzene rings is 1. The number of hydrogen-bond donors (Lipinski definition) is 2. The number of thioether (sulfide) groups is 1. The van der Waals surface area contributed by atoms with E-state index in [-0.39, 0.29) is 19.1 Å². The number of rotatable bonds is 5. The molecule has 2 N–H and O–H groups in total. The first-order chi connectivity index (χ1) is 11.5. The number of amides is 3. The maximum atomic E-state index is 12.5. The molecule has 7 nitrogen and oxygen atoms in total. The molecule has 0 bridgehead atoms. The first-order valence-corrected chi connectivity index (χ1v) is 8.72. The van der Waals surface area contributed by atoms with Crippen molar-refractivity contribution in [2.45, 2.75) is 18.1 Å². The highest BCUT2D eigenvalue weighted by atomic mass is 32.2. The molecule has 2 saturated heterocycles. The van der Waals surface area contributed by atoms with Gasteiger partial charge in [-0.25, -0.2) is 4.79 Å². The highest BCUT2D eigenvalue weighted by Crippen LogP contribution is 2.33. The number of hydrogen-bond acceptors (Lipinski definition) is 6. The number of urea groups is 1. The van der Waals surface area contributed by atoms with Crippen molar-refractivity contribution in [1.82, 2.24) is 10.2 Å². The van der Waals surface area contributed by atoms with E-state index in [2.05, 4.69) is 5.32 Å². The predicted octanol–water partition coefficient (Wildman–Crippen LogP) is 0.725. The summed E-state index contributed by atoms with van der Waals surface area (Å²) in [6.45, 7) is -0.155. The Labute approximate surface area is 143 Å². The van der Waals surface area contributed by atoms with E-state index >= 15 is 0 Å². The minimum atomic E-state index is -0.987. The lowest BCUT2D eigenvalue weighted by molar-refractivity contribution is -0.131. The van der Waals surface area contributed by atoms with Crippen LogP contribution in [-0.2, 0) is 4.79 Å². The summed E-state index contributed by atoms with van der Waals surface area (Å²) in [4.78, 5) is 25.6. The number of nitriles is 1. The molecule has 2 heterocycles. The summed E-state index contributed by atoms with van der Waals surface area (Å²) in [5, 5.41) is 21.6. The third-order valence-electron chi connectivity index (χ3n) is 4.09. The van der Waals surface area contributed by atoms with Crippen LogP contribution in [0.25, 0.3) is 0 Å². The van der Waals surface area contributed by atoms with Crippen LogP contribution in [-0.4, -0.2) is 58.2 Å². The van der Waals surface area contributed by atoms with E-state index < -0.39 is 17.7 Å². The third kappa shape index (κ3) is 3.18. The molecule has 2 fully saturated rings. The van der Waals surface area contributed by atoms with Crippen molar-refractivity contribution in [3.05, 3.63) is 29.8 Å². The topological polar surface area (TPSA) is 103 Å². The molecule has 2 atom stereocenters. The van der Waals surface area contributed by atoms with Gasteiger partial charge in [-0.2, -0.15) is 17.0 Å². The van der Waals surface area contributed by atoms with Crippen molar-refractivity contribution >= 4 is 23.7 Å². The maximum absolute atomic E-state index is 12.5. The Kier molecular flexibility index (Phi) is 4.64. The molecule has 0 unspecified atom stereocenters. The monoisotopic (exact) mass is 347 g/mol. The zero-order valence-corrected chi connectivity index (χ0v) is 13.7. The molecule has 1 aromatic carbocycles. The van der Waals surface area contributed by atoms with Gasteiger partial charge in [0, 0.05) is 5.75 Å². The normalized spacial score (nSPS) is 24.1. The second-order valence-electron chi connectivity index (χ2n) is 5.83. The number of aliphatic hydroxyl groups is 1. The molecule has 2 aliphatic rings. The van der Waals surface area contributed by atoms with Crippen LogP contribution in [0.15, 0.2) is 24.3 Å². The fraction of sp³-hybridized carbons (Fsp3) is 0.438. The number of nitrogens with zero attached hydrogens (tertiary/aromatic N) is 2. The zero-order valence-electron chi connectivity index (χ0n) is 12.9. The molecule has 0 aromatic heterocycles. The van der Waals surface area contributed by atoms with Gasteiger partial charge in [-0.05, 0) is 36.4 Å². The molecule has 1 aromatic rings. The number of nitrogens with one attached hydrogen (secondary N) is 1. The van der Waals surface area contributed by atoms with Crippen molar-refractivity contribution in [3.63, 3.8) is 0 Å². The maximum Gasteiger partial charge on any atom is 0.325 e. The zero-order chi connectivity index (χ0) is 17.2. The van der Waals surface area contributed by atoms with Crippen molar-refractivity contribution < 1.29 is 19.4 Å². The summed E-state index contributed by atoms with van der Waals surface area (Å²) in [7, 11) is 0. The fourth-order valence-corrected chi connectivity index (χ4v) is 4.08. The Bertz CT molecular complexity index is 680. The smallest absolute Gasteiger partial charge is 0.325 e. The Balaban J connectivity index is 1.54. The van der Waals surface area contributed by atoms with Crippen molar-refractivity contribution in [2.24, 2.45) is 0 Å². The summed E-state index contributed by atoms with van der Waals surface area (Å²) in [5.74, 6) is 1.65. The van der Waals surface area contributed by atoms with Crippen LogP contribution in [0.1, 0.15) is 12.0 Å². The van der Waals surface area contributed by atoms with Crippen molar-refractivity contribution in [1.29, 1.82) is 5.26 Å². The van der Waals surface area contributed by atoms with E-state index in [4.69, 9.17) is 10.00 Å². The number of imide groups is 1. The molecular formula is C16H17N3O4S. The van der Waals surface area contributed by atoms with Gasteiger partial charge in [-0.3, -0.25) is 9.69 Å². The van der Waals surface area contributed by atoms with Gasteiger partial charge in [0.2, 0.25) is 0 Å². The highest BCUT2D eigenvalue weighted by molar-refractivity contribution is 7.99. The molecule has 3 amide bonds. The fourth-order valence-electron chi connectivity index (χ4n) is 2.76. The predicted molar refractivity (Wildman–Crippen MR) is 87.6 cm³/mol. The van der Waals surface area contributed by atoms with Crippen LogP contribution in [0.3, 0.4) is 0 Å². The van der Waals surface area contributed by atoms with E-state index in [1.807, 2.05) is 6.07 Å². The van der Waals surface area contributed by atoms with E-state index in [1.54, 1.807) is 36.0 Å². The summed E-state index contributed by atoms with van der Waals surface area (Å²) in [6, 6.07) is 8.03. The number of aliphatic hydroxyl groups excluding tert-OH is 1. The summed E-state index contributed by atoms with van der Waals surface area (Å²) < 4.78 is 5.43. The molecule has 1 spiro atoms. The first-order valence-electron chi connectivity index (χ1n) is 7.57. The number of β-amino-alcohol motifs (C(OH)–C–C–N with tert-alkyl or cyclic N) is 1. The van der Waals surface area contributed by atoms with Gasteiger partial charge in [0.1, 0.15) is 24.0 Å². The van der Waals surface area contributed by atoms with Crippen LogP contribution >= 0.6 is 11.8 Å². The van der Waals surface area contributed by atoms with Crippen LogP contribution < -0.4 is 10.1 Å². The van der Waals surface area contributed by atoms with E-state index in [9.17, 15) is 14.7 Å². The first kappa shape index (κ1) is 16.6. The Hall–Kier alpha value is -2.24. The van der Waals surface area contributed by atoms with Gasteiger partial charge in [-0.15, -0.1) is 0 Å². The van der Waals surface area contributed by atoms with Gasteiger partial charge < -0.3 is 15.2 Å². The second kappa shape index (κ2) is 6.71. The molecular weight excluding hydrogens is 330 g/mol. The summed E-state index contributed by atoms with van der Waals surface area (Å²) in [5.41, 5.74) is -0.280. The second-order valence-corrected chi connectivity index (χ2v) is 6.94. The lowest BCUT2D eigenvalue weighted by atomic mass is 9.99. The molecule has 0 radical (unpaired) electrons. The average Bonchev–Trinajstić information content (AvgIpc) is 3.14. The standard InChI is InChI=1S/C16H17N3O4S/c17-7-11-1-3-13(4-2-11)23-9-12(20)8-19-14(21)16(18-15(19)22)5-6-24-10-16/h1-4,12,20H,5-6,8-10H2,(H,18,22)/t12-,16-/m1/s1. The largest absolute Gasteiger partial charge is 0.491 e. The van der Waals surface area contributed by atoms with Gasteiger partial charge in [-0.1, -0.05) is 0 Å². The van der Waals surface area contributed by atoms with Crippen LogP contribution in [0.5, 0.6) is 5.75 Å². The highest BCUT2D eigenvalue weighted by Gasteiger charge is 2.53. The minimum absolute atomic E-state index is 0.0509. The lowest BCUT2D eigenvalue weighted by Gasteiger charge is -2.21. The molecule has 3 rings (SSSR count). The molecule has 0 aliphatic carbocycles. The van der Waals surface area contributed by atoms with Crippen molar-refractivity contribution in [2.75, 3.05) is 24.7 Å². The van der Waals surface area contributed by atoms with Gasteiger partial charge >= 0.3 is 6.03 Å². The molecule has 0 saturated carbocycles. The molecule has 126 valence electrons. The summed E-state index contributed by atoms with van der Waals surface area (Å²) >= 11 is 1.64. The molecule has 2 aliphatic heterocycles. The van der Waals surface area contributed by atoms with Gasteiger partial charge in [0.25, 0.3) is 5.91 Å². The number of carbonyl (C=O) groups excluding carboxylic acids is 2. The number of ether oxygens (including phenoxy) is 1. The van der Waals surface area contributed by atoms with Gasteiger partial charge in [0.15, 0.2) is 0 Å². The van der Waals surface area contributed by atoms with Crippen LogP contribution in [0.2, 0.25) is 0 Å². The van der Waals surface area contributed by atoms with Crippen LogP contribution in [0.4, 0.5) is 4.79 Å². The SMILES string of the molecule is N#Cc1ccc(OC[C@H](O)CN2C(=O)N[C@@]3(CCSC3)C2=O)cc1. The molecule has 8 heteroatoms. The Morgan fingerprint density at radius 1 is 1.42 bits per heavy atom. The minimum Gasteiger partial charge on any atom is -0.491 e. The van der Waals surface area contributed by atoms with E-state index in [0.717, 1.165) is 10.7 Å².